The summed E-state index contributed by atoms with van der Waals surface area (Å²) < 4.78 is 37.2. The van der Waals surface area contributed by atoms with Gasteiger partial charge in [0.25, 0.3) is 0 Å². The number of alkyl halides is 3. The highest BCUT2D eigenvalue weighted by atomic mass is 19.4. The van der Waals surface area contributed by atoms with Crippen molar-refractivity contribution in [2.45, 2.75) is 76.6 Å². The van der Waals surface area contributed by atoms with Gasteiger partial charge in [0.15, 0.2) is 0 Å². The van der Waals surface area contributed by atoms with Gasteiger partial charge in [0, 0.05) is 18.0 Å². The number of hydrogen-bond acceptors (Lipinski definition) is 2. The lowest BCUT2D eigenvalue weighted by atomic mass is 9.71. The molecular weight excluding hydrogens is 277 g/mol. The van der Waals surface area contributed by atoms with E-state index in [9.17, 15) is 13.2 Å². The van der Waals surface area contributed by atoms with Crippen LogP contribution in [0.25, 0.3) is 0 Å². The number of likely N-dealkylation sites (N-methyl/N-ethyl adjacent to an activating group) is 2. The van der Waals surface area contributed by atoms with Crippen molar-refractivity contribution in [3.05, 3.63) is 0 Å². The molecule has 1 atom stereocenters. The predicted molar refractivity (Wildman–Crippen MR) is 81.4 cm³/mol. The third-order valence-corrected chi connectivity index (χ3v) is 5.08. The van der Waals surface area contributed by atoms with Crippen LogP contribution >= 0.6 is 0 Å². The van der Waals surface area contributed by atoms with Crippen LogP contribution in [-0.2, 0) is 0 Å². The predicted octanol–water partition coefficient (Wildman–Crippen LogP) is 4.21. The molecule has 0 amide bonds. The summed E-state index contributed by atoms with van der Waals surface area (Å²) in [5.74, 6) is 0.732. The maximum atomic E-state index is 12.4. The van der Waals surface area contributed by atoms with Crippen LogP contribution < -0.4 is 5.32 Å². The Bertz CT molecular complexity index is 294. The standard InChI is InChI=1S/C16H31F3N2/c1-5-20-14(7-6-10-16(17,18)19)15(21(3)4)11-8-13(2)9-12-15/h13-14,20H,5-12H2,1-4H3. The Labute approximate surface area is 127 Å². The third kappa shape index (κ3) is 5.44. The number of halogens is 3. The van der Waals surface area contributed by atoms with E-state index in [2.05, 4.69) is 31.2 Å². The summed E-state index contributed by atoms with van der Waals surface area (Å²) in [5.41, 5.74) is 0.00805. The molecule has 0 saturated heterocycles. The van der Waals surface area contributed by atoms with Crippen LogP contribution in [0.15, 0.2) is 0 Å². The maximum Gasteiger partial charge on any atom is 0.389 e. The molecule has 1 N–H and O–H groups in total. The van der Waals surface area contributed by atoms with Crippen LogP contribution in [0.3, 0.4) is 0 Å². The summed E-state index contributed by atoms with van der Waals surface area (Å²) in [6.07, 6.45) is 0.582. The zero-order valence-electron chi connectivity index (χ0n) is 13.9. The van der Waals surface area contributed by atoms with E-state index in [0.717, 1.165) is 25.3 Å². The molecule has 1 aliphatic carbocycles. The first kappa shape index (κ1) is 18.8. The van der Waals surface area contributed by atoms with Crippen molar-refractivity contribution in [3.8, 4) is 0 Å². The highest BCUT2D eigenvalue weighted by Crippen LogP contribution is 2.39. The lowest BCUT2D eigenvalue weighted by Gasteiger charge is -2.50. The maximum absolute atomic E-state index is 12.4. The first-order valence-corrected chi connectivity index (χ1v) is 8.19. The van der Waals surface area contributed by atoms with E-state index in [0.29, 0.717) is 6.42 Å². The van der Waals surface area contributed by atoms with Crippen molar-refractivity contribution in [1.29, 1.82) is 0 Å². The van der Waals surface area contributed by atoms with Gasteiger partial charge in [0.05, 0.1) is 0 Å². The van der Waals surface area contributed by atoms with E-state index in [1.54, 1.807) is 0 Å². The fourth-order valence-corrected chi connectivity index (χ4v) is 3.68. The first-order valence-electron chi connectivity index (χ1n) is 8.19. The molecular formula is C16H31F3N2. The molecule has 0 bridgehead atoms. The van der Waals surface area contributed by atoms with Gasteiger partial charge in [-0.1, -0.05) is 13.8 Å². The lowest BCUT2D eigenvalue weighted by molar-refractivity contribution is -0.136. The largest absolute Gasteiger partial charge is 0.389 e. The molecule has 1 fully saturated rings. The fourth-order valence-electron chi connectivity index (χ4n) is 3.68. The number of nitrogens with zero attached hydrogens (tertiary/aromatic N) is 1. The van der Waals surface area contributed by atoms with Gasteiger partial charge in [-0.3, -0.25) is 0 Å². The van der Waals surface area contributed by atoms with Gasteiger partial charge in [-0.15, -0.1) is 0 Å². The van der Waals surface area contributed by atoms with E-state index < -0.39 is 12.6 Å². The minimum Gasteiger partial charge on any atom is -0.312 e. The molecule has 0 radical (unpaired) electrons. The summed E-state index contributed by atoms with van der Waals surface area (Å²) in [6.45, 7) is 5.11. The quantitative estimate of drug-likeness (QED) is 0.758. The zero-order chi connectivity index (χ0) is 16.1. The second kappa shape index (κ2) is 7.82. The molecule has 0 aliphatic heterocycles. The average Bonchev–Trinajstić information content (AvgIpc) is 2.37. The Balaban J connectivity index is 2.74. The van der Waals surface area contributed by atoms with Crippen molar-refractivity contribution in [2.75, 3.05) is 20.6 Å². The monoisotopic (exact) mass is 308 g/mol. The van der Waals surface area contributed by atoms with Gasteiger partial charge in [0.2, 0.25) is 0 Å². The first-order chi connectivity index (χ1) is 9.71. The molecule has 1 aliphatic rings. The molecule has 2 nitrogen and oxygen atoms in total. The highest BCUT2D eigenvalue weighted by Gasteiger charge is 2.42. The van der Waals surface area contributed by atoms with Gasteiger partial charge >= 0.3 is 6.18 Å². The summed E-state index contributed by atoms with van der Waals surface area (Å²) >= 11 is 0. The van der Waals surface area contributed by atoms with E-state index in [-0.39, 0.29) is 18.0 Å². The average molecular weight is 308 g/mol. The zero-order valence-corrected chi connectivity index (χ0v) is 13.9. The topological polar surface area (TPSA) is 15.3 Å². The number of hydrogen-bond donors (Lipinski definition) is 1. The summed E-state index contributed by atoms with van der Waals surface area (Å²) in [4.78, 5) is 2.25. The summed E-state index contributed by atoms with van der Waals surface area (Å²) in [5, 5.41) is 3.47. The van der Waals surface area contributed by atoms with Crippen LogP contribution in [-0.4, -0.2) is 43.3 Å². The van der Waals surface area contributed by atoms with Gasteiger partial charge in [-0.25, -0.2) is 0 Å². The number of nitrogens with one attached hydrogen (secondary N) is 1. The summed E-state index contributed by atoms with van der Waals surface area (Å²) in [6, 6.07) is 0.146. The molecule has 126 valence electrons. The summed E-state index contributed by atoms with van der Waals surface area (Å²) in [7, 11) is 4.15. The van der Waals surface area contributed by atoms with Crippen molar-refractivity contribution < 1.29 is 13.2 Å². The molecule has 1 unspecified atom stereocenters. The Kier molecular flexibility index (Phi) is 6.98. The van der Waals surface area contributed by atoms with Crippen LogP contribution in [0.5, 0.6) is 0 Å². The van der Waals surface area contributed by atoms with Gasteiger partial charge in [-0.05, 0) is 65.1 Å². The van der Waals surface area contributed by atoms with Crippen LogP contribution in [0.4, 0.5) is 13.2 Å². The van der Waals surface area contributed by atoms with Crippen molar-refractivity contribution >= 4 is 0 Å². The third-order valence-electron chi connectivity index (χ3n) is 5.08. The fraction of sp³-hybridized carbons (Fsp3) is 1.00. The smallest absolute Gasteiger partial charge is 0.312 e. The highest BCUT2D eigenvalue weighted by molar-refractivity contribution is 5.01. The van der Waals surface area contributed by atoms with E-state index in [1.165, 1.54) is 12.8 Å². The van der Waals surface area contributed by atoms with Gasteiger partial charge in [0.1, 0.15) is 0 Å². The molecule has 0 spiro atoms. The lowest BCUT2D eigenvalue weighted by Crippen LogP contribution is -2.60. The molecule has 0 aromatic heterocycles. The molecule has 1 rings (SSSR count). The second-order valence-electron chi connectivity index (χ2n) is 6.80. The van der Waals surface area contributed by atoms with Crippen molar-refractivity contribution in [3.63, 3.8) is 0 Å². The van der Waals surface area contributed by atoms with E-state index >= 15 is 0 Å². The minimum absolute atomic E-state index is 0.00805. The molecule has 1 saturated carbocycles. The van der Waals surface area contributed by atoms with Crippen molar-refractivity contribution in [1.82, 2.24) is 10.2 Å². The van der Waals surface area contributed by atoms with Crippen molar-refractivity contribution in [2.24, 2.45) is 5.92 Å². The number of rotatable bonds is 7. The van der Waals surface area contributed by atoms with Crippen LogP contribution in [0, 0.1) is 5.92 Å². The molecule has 0 heterocycles. The Morgan fingerprint density at radius 2 is 1.81 bits per heavy atom. The molecule has 0 aromatic rings. The second-order valence-corrected chi connectivity index (χ2v) is 6.80. The molecule has 0 aromatic carbocycles. The van der Waals surface area contributed by atoms with Gasteiger partial charge < -0.3 is 10.2 Å². The van der Waals surface area contributed by atoms with E-state index in [1.807, 2.05) is 6.92 Å². The molecule has 21 heavy (non-hydrogen) atoms. The SMILES string of the molecule is CCNC(CCCC(F)(F)F)C1(N(C)C)CCC(C)CC1. The Morgan fingerprint density at radius 1 is 1.24 bits per heavy atom. The van der Waals surface area contributed by atoms with E-state index in [4.69, 9.17) is 0 Å². The van der Waals surface area contributed by atoms with Crippen LogP contribution in [0.1, 0.15) is 58.8 Å². The minimum atomic E-state index is -4.04. The Hall–Kier alpha value is -0.290. The van der Waals surface area contributed by atoms with Crippen LogP contribution in [0.2, 0.25) is 0 Å². The van der Waals surface area contributed by atoms with Gasteiger partial charge in [-0.2, -0.15) is 13.2 Å². The Morgan fingerprint density at radius 3 is 2.24 bits per heavy atom. The molecule has 5 heteroatoms. The normalized spacial score (nSPS) is 28.9.